The van der Waals surface area contributed by atoms with E-state index in [-0.39, 0.29) is 24.4 Å². The van der Waals surface area contributed by atoms with Gasteiger partial charge in [-0.3, -0.25) is 4.79 Å². The number of hydrogen-bond donors (Lipinski definition) is 1. The van der Waals surface area contributed by atoms with E-state index < -0.39 is 11.8 Å². The van der Waals surface area contributed by atoms with Crippen LogP contribution in [-0.2, 0) is 17.8 Å². The van der Waals surface area contributed by atoms with Gasteiger partial charge in [0.1, 0.15) is 17.3 Å². The molecule has 1 aromatic heterocycles. The number of carboxylic acids is 1. The van der Waals surface area contributed by atoms with Crippen molar-refractivity contribution in [2.75, 3.05) is 6.61 Å². The second-order valence-corrected chi connectivity index (χ2v) is 7.74. The van der Waals surface area contributed by atoms with Crippen LogP contribution < -0.4 is 4.74 Å². The Morgan fingerprint density at radius 1 is 1.19 bits per heavy atom. The molecule has 5 rings (SSSR count). The second-order valence-electron chi connectivity index (χ2n) is 7.74. The number of nitrogens with zero attached hydrogens (tertiary/aromatic N) is 1. The molecule has 6 heteroatoms. The van der Waals surface area contributed by atoms with Crippen molar-refractivity contribution in [3.05, 3.63) is 82.8 Å². The third-order valence-corrected chi connectivity index (χ3v) is 5.86. The molecule has 0 spiro atoms. The fourth-order valence-corrected chi connectivity index (χ4v) is 4.47. The summed E-state index contributed by atoms with van der Waals surface area (Å²) in [5, 5.41) is 10.8. The molecule has 0 atom stereocenters. The van der Waals surface area contributed by atoms with Gasteiger partial charge in [0.05, 0.1) is 24.1 Å². The maximum absolute atomic E-state index is 14.4. The van der Waals surface area contributed by atoms with Crippen molar-refractivity contribution in [2.24, 2.45) is 0 Å². The molecule has 0 bridgehead atoms. The van der Waals surface area contributed by atoms with Gasteiger partial charge in [0, 0.05) is 23.1 Å². The van der Waals surface area contributed by atoms with Crippen LogP contribution in [0.4, 0.5) is 4.39 Å². The molecule has 0 amide bonds. The van der Waals surface area contributed by atoms with Gasteiger partial charge in [0.15, 0.2) is 5.78 Å². The number of ether oxygens (including phenoxy) is 1. The highest BCUT2D eigenvalue weighted by Crippen LogP contribution is 2.43. The Hall–Kier alpha value is -3.67. The molecule has 5 nitrogen and oxygen atoms in total. The fourth-order valence-electron chi connectivity index (χ4n) is 4.47. The van der Waals surface area contributed by atoms with Gasteiger partial charge >= 0.3 is 5.97 Å². The third kappa shape index (κ3) is 3.15. The zero-order chi connectivity index (χ0) is 21.5. The van der Waals surface area contributed by atoms with E-state index in [2.05, 4.69) is 0 Å². The van der Waals surface area contributed by atoms with Crippen LogP contribution in [0.5, 0.6) is 5.75 Å². The van der Waals surface area contributed by atoms with Crippen molar-refractivity contribution in [3.8, 4) is 5.75 Å². The Labute approximate surface area is 178 Å². The number of fused-ring (bicyclic) bond motifs is 3. The Bertz CT molecular complexity index is 1300. The highest BCUT2D eigenvalue weighted by atomic mass is 19.1. The van der Waals surface area contributed by atoms with Crippen molar-refractivity contribution in [1.82, 2.24) is 4.57 Å². The number of Topliss-reactive ketones (excluding diaryl/α,β-unsaturated/α-hetero) is 1. The molecule has 2 aliphatic rings. The predicted octanol–water partition coefficient (Wildman–Crippen LogP) is 4.76. The third-order valence-electron chi connectivity index (χ3n) is 5.86. The molecule has 1 aliphatic heterocycles. The molecule has 2 heterocycles. The van der Waals surface area contributed by atoms with Crippen LogP contribution in [0.2, 0.25) is 0 Å². The summed E-state index contributed by atoms with van der Waals surface area (Å²) in [6.45, 7) is 0.556. The minimum atomic E-state index is -1.17. The first-order chi connectivity index (χ1) is 15.1. The Kier molecular flexibility index (Phi) is 4.70. The smallest absolute Gasteiger partial charge is 0.353 e. The summed E-state index contributed by atoms with van der Waals surface area (Å²) in [5.41, 5.74) is 2.64. The van der Waals surface area contributed by atoms with Gasteiger partial charge in [-0.1, -0.05) is 42.5 Å². The van der Waals surface area contributed by atoms with Gasteiger partial charge in [-0.05, 0) is 30.5 Å². The van der Waals surface area contributed by atoms with E-state index in [1.807, 2.05) is 12.1 Å². The number of halogens is 1. The van der Waals surface area contributed by atoms with Gasteiger partial charge in [-0.2, -0.15) is 0 Å². The first-order valence-electron chi connectivity index (χ1n) is 10.2. The number of aromatic nitrogens is 1. The summed E-state index contributed by atoms with van der Waals surface area (Å²) in [5.74, 6) is -1.11. The fraction of sp³-hybridized carbons (Fsp3) is 0.200. The topological polar surface area (TPSA) is 68.5 Å². The number of aryl methyl sites for hydroxylation is 1. The molecule has 1 aliphatic carbocycles. The molecular formula is C25H20FNO4. The molecule has 31 heavy (non-hydrogen) atoms. The molecule has 3 aromatic rings. The average Bonchev–Trinajstić information content (AvgIpc) is 3.10. The van der Waals surface area contributed by atoms with Gasteiger partial charge in [-0.25, -0.2) is 9.18 Å². The second kappa shape index (κ2) is 7.54. The van der Waals surface area contributed by atoms with E-state index >= 15 is 0 Å². The number of benzene rings is 2. The van der Waals surface area contributed by atoms with E-state index in [0.717, 1.165) is 18.4 Å². The van der Waals surface area contributed by atoms with Crippen LogP contribution >= 0.6 is 0 Å². The zero-order valence-corrected chi connectivity index (χ0v) is 16.7. The number of carbonyl (C=O) groups is 2. The number of carbonyl (C=O) groups excluding carboxylic acids is 1. The number of hydrogen-bond acceptors (Lipinski definition) is 3. The van der Waals surface area contributed by atoms with Crippen LogP contribution in [0.15, 0.2) is 54.6 Å². The average molecular weight is 417 g/mol. The summed E-state index contributed by atoms with van der Waals surface area (Å²) < 4.78 is 22.0. The summed E-state index contributed by atoms with van der Waals surface area (Å²) in [6.07, 6.45) is 7.07. The minimum absolute atomic E-state index is 0.0287. The lowest BCUT2D eigenvalue weighted by atomic mass is 9.92. The molecule has 0 fully saturated rings. The molecule has 2 aromatic carbocycles. The number of ketones is 1. The molecule has 0 radical (unpaired) electrons. The first kappa shape index (κ1) is 19.3. The predicted molar refractivity (Wildman–Crippen MR) is 115 cm³/mol. The molecule has 1 N–H and O–H groups in total. The van der Waals surface area contributed by atoms with E-state index in [1.54, 1.807) is 41.0 Å². The lowest BCUT2D eigenvalue weighted by molar-refractivity contribution is -0.113. The normalized spacial score (nSPS) is 15.5. The van der Waals surface area contributed by atoms with Crippen molar-refractivity contribution >= 4 is 28.2 Å². The monoisotopic (exact) mass is 417 g/mol. The highest BCUT2D eigenvalue weighted by Gasteiger charge is 2.31. The number of carboxylic acid groups (broad SMARTS) is 1. The number of rotatable bonds is 4. The van der Waals surface area contributed by atoms with Crippen LogP contribution in [0.3, 0.4) is 0 Å². The highest BCUT2D eigenvalue weighted by molar-refractivity contribution is 6.28. The van der Waals surface area contributed by atoms with Crippen LogP contribution in [-0.4, -0.2) is 28.0 Å². The quantitative estimate of drug-likeness (QED) is 0.664. The number of allylic oxidation sites excluding steroid dienone is 4. The summed E-state index contributed by atoms with van der Waals surface area (Å²) >= 11 is 0. The summed E-state index contributed by atoms with van der Waals surface area (Å²) in [4.78, 5) is 25.3. The first-order valence-corrected chi connectivity index (χ1v) is 10.2. The zero-order valence-electron chi connectivity index (χ0n) is 16.7. The lowest BCUT2D eigenvalue weighted by Gasteiger charge is -2.19. The van der Waals surface area contributed by atoms with Crippen molar-refractivity contribution in [3.63, 3.8) is 0 Å². The van der Waals surface area contributed by atoms with Gasteiger partial charge in [0.2, 0.25) is 0 Å². The Balaban J connectivity index is 1.87. The van der Waals surface area contributed by atoms with Crippen molar-refractivity contribution in [1.29, 1.82) is 0 Å². The maximum atomic E-state index is 14.4. The Morgan fingerprint density at radius 2 is 2.03 bits per heavy atom. The Morgan fingerprint density at radius 3 is 2.81 bits per heavy atom. The van der Waals surface area contributed by atoms with Gasteiger partial charge in [0.25, 0.3) is 0 Å². The lowest BCUT2D eigenvalue weighted by Crippen LogP contribution is -2.14. The molecule has 0 saturated carbocycles. The van der Waals surface area contributed by atoms with Crippen LogP contribution in [0.25, 0.3) is 16.5 Å². The molecular weight excluding hydrogens is 397 g/mol. The molecule has 0 unspecified atom stereocenters. The molecule has 0 saturated heterocycles. The van der Waals surface area contributed by atoms with E-state index in [4.69, 9.17) is 4.74 Å². The van der Waals surface area contributed by atoms with Gasteiger partial charge < -0.3 is 14.4 Å². The van der Waals surface area contributed by atoms with Crippen LogP contribution in [0, 0.1) is 5.82 Å². The van der Waals surface area contributed by atoms with E-state index in [9.17, 15) is 19.1 Å². The van der Waals surface area contributed by atoms with E-state index in [0.29, 0.717) is 40.0 Å². The summed E-state index contributed by atoms with van der Waals surface area (Å²) in [7, 11) is 0. The number of aromatic carboxylic acids is 1. The van der Waals surface area contributed by atoms with E-state index in [1.165, 1.54) is 6.07 Å². The van der Waals surface area contributed by atoms with Crippen molar-refractivity contribution in [2.45, 2.75) is 25.8 Å². The maximum Gasteiger partial charge on any atom is 0.353 e. The van der Waals surface area contributed by atoms with Crippen molar-refractivity contribution < 1.29 is 23.8 Å². The minimum Gasteiger partial charge on any atom is -0.493 e. The molecule has 156 valence electrons. The van der Waals surface area contributed by atoms with Gasteiger partial charge in [-0.15, -0.1) is 0 Å². The standard InChI is InChI=1S/C25H20FNO4/c26-18-9-3-1-6-16(18)14-27-19-12-11-15-7-5-13-31-24(15)22(19)21(23(27)25(29)30)17-8-2-4-10-20(17)28/h1-4,6,8-9,11-12H,5,7,10,13-14H2,(H,29,30). The summed E-state index contributed by atoms with van der Waals surface area (Å²) in [6, 6.07) is 10.1. The largest absolute Gasteiger partial charge is 0.493 e. The SMILES string of the molecule is O=C1CC=CC=C1c1c(C(=O)O)n(Cc2ccccc2F)c2ccc3c(c12)OCCC3. The van der Waals surface area contributed by atoms with Crippen LogP contribution in [0.1, 0.15) is 40.0 Å².